The van der Waals surface area contributed by atoms with Crippen LogP contribution < -0.4 is 0 Å². The highest BCUT2D eigenvalue weighted by Crippen LogP contribution is 2.17. The summed E-state index contributed by atoms with van der Waals surface area (Å²) in [7, 11) is 1.13. The Morgan fingerprint density at radius 1 is 1.53 bits per heavy atom. The van der Waals surface area contributed by atoms with Gasteiger partial charge in [-0.1, -0.05) is 0 Å². The van der Waals surface area contributed by atoms with Gasteiger partial charge in [0.05, 0.1) is 17.6 Å². The molecule has 0 aromatic heterocycles. The highest BCUT2D eigenvalue weighted by molar-refractivity contribution is 5.98. The van der Waals surface area contributed by atoms with E-state index in [0.717, 1.165) is 19.2 Å². The van der Waals surface area contributed by atoms with E-state index < -0.39 is 10.9 Å². The van der Waals surface area contributed by atoms with Crippen molar-refractivity contribution in [3.8, 4) is 0 Å². The number of ether oxygens (including phenoxy) is 1. The van der Waals surface area contributed by atoms with Gasteiger partial charge in [0.15, 0.2) is 6.29 Å². The van der Waals surface area contributed by atoms with Crippen molar-refractivity contribution in [2.45, 2.75) is 0 Å². The third-order valence-electron chi connectivity index (χ3n) is 1.78. The molecule has 1 aromatic rings. The third-order valence-corrected chi connectivity index (χ3v) is 1.78. The Bertz CT molecular complexity index is 427. The maximum absolute atomic E-state index is 11.2. The Kier molecular flexibility index (Phi) is 3.12. The Hall–Kier alpha value is -2.24. The fourth-order valence-corrected chi connectivity index (χ4v) is 1.05. The topological polar surface area (TPSA) is 86.5 Å². The Morgan fingerprint density at radius 3 is 2.67 bits per heavy atom. The number of carbonyl (C=O) groups excluding carboxylic acids is 2. The molecule has 0 amide bonds. The van der Waals surface area contributed by atoms with Gasteiger partial charge in [-0.3, -0.25) is 14.9 Å². The van der Waals surface area contributed by atoms with Gasteiger partial charge in [-0.05, 0) is 6.07 Å². The van der Waals surface area contributed by atoms with Crippen molar-refractivity contribution < 1.29 is 19.2 Å². The van der Waals surface area contributed by atoms with Gasteiger partial charge in [0.25, 0.3) is 5.69 Å². The van der Waals surface area contributed by atoms with Gasteiger partial charge >= 0.3 is 5.97 Å². The van der Waals surface area contributed by atoms with E-state index in [-0.39, 0.29) is 16.8 Å². The van der Waals surface area contributed by atoms with Crippen molar-refractivity contribution in [2.75, 3.05) is 7.11 Å². The van der Waals surface area contributed by atoms with Crippen molar-refractivity contribution in [2.24, 2.45) is 0 Å². The summed E-state index contributed by atoms with van der Waals surface area (Å²) in [6, 6.07) is 3.36. The normalized spacial score (nSPS) is 9.40. The lowest BCUT2D eigenvalue weighted by Gasteiger charge is -2.01. The molecule has 0 saturated heterocycles. The van der Waals surface area contributed by atoms with Crippen molar-refractivity contribution >= 4 is 17.9 Å². The summed E-state index contributed by atoms with van der Waals surface area (Å²) >= 11 is 0. The van der Waals surface area contributed by atoms with Crippen molar-refractivity contribution in [1.82, 2.24) is 0 Å². The molecular weight excluding hydrogens is 202 g/mol. The lowest BCUT2D eigenvalue weighted by molar-refractivity contribution is -0.384. The van der Waals surface area contributed by atoms with Gasteiger partial charge in [0, 0.05) is 17.7 Å². The monoisotopic (exact) mass is 209 g/mol. The maximum atomic E-state index is 11.2. The van der Waals surface area contributed by atoms with E-state index in [1.54, 1.807) is 0 Å². The van der Waals surface area contributed by atoms with E-state index in [1.807, 2.05) is 0 Å². The summed E-state index contributed by atoms with van der Waals surface area (Å²) in [5.74, 6) is -0.777. The number of esters is 1. The molecule has 0 saturated carbocycles. The molecule has 0 aliphatic heterocycles. The van der Waals surface area contributed by atoms with E-state index in [0.29, 0.717) is 6.29 Å². The summed E-state index contributed by atoms with van der Waals surface area (Å²) in [5.41, 5.74) is -0.310. The second kappa shape index (κ2) is 4.32. The third kappa shape index (κ3) is 2.16. The van der Waals surface area contributed by atoms with E-state index in [2.05, 4.69) is 4.74 Å². The largest absolute Gasteiger partial charge is 0.465 e. The number of carbonyl (C=O) groups is 2. The number of aldehydes is 1. The van der Waals surface area contributed by atoms with E-state index in [4.69, 9.17) is 0 Å². The standard InChI is InChI=1S/C9H7NO5/c1-15-9(12)8-4-7(10(13)14)3-2-6(8)5-11/h2-5H,1H3. The zero-order valence-electron chi connectivity index (χ0n) is 7.80. The van der Waals surface area contributed by atoms with Crippen LogP contribution in [-0.2, 0) is 4.74 Å². The summed E-state index contributed by atoms with van der Waals surface area (Å²) in [4.78, 5) is 31.5. The molecule has 0 fully saturated rings. The molecule has 15 heavy (non-hydrogen) atoms. The first-order chi connectivity index (χ1) is 7.10. The summed E-state index contributed by atoms with van der Waals surface area (Å²) in [5, 5.41) is 10.4. The first-order valence-corrected chi connectivity index (χ1v) is 3.92. The molecule has 6 nitrogen and oxygen atoms in total. The van der Waals surface area contributed by atoms with Gasteiger partial charge < -0.3 is 4.74 Å². The molecule has 0 bridgehead atoms. The lowest BCUT2D eigenvalue weighted by Crippen LogP contribution is -2.06. The predicted octanol–water partition coefficient (Wildman–Crippen LogP) is 1.19. The van der Waals surface area contributed by atoms with Gasteiger partial charge in [0.2, 0.25) is 0 Å². The first-order valence-electron chi connectivity index (χ1n) is 3.92. The second-order valence-corrected chi connectivity index (χ2v) is 2.64. The molecule has 0 aliphatic rings. The lowest BCUT2D eigenvalue weighted by atomic mass is 10.1. The van der Waals surface area contributed by atoms with Crippen LogP contribution in [0.5, 0.6) is 0 Å². The average Bonchev–Trinajstić information content (AvgIpc) is 2.27. The summed E-state index contributed by atoms with van der Waals surface area (Å²) in [6.07, 6.45) is 0.440. The number of nitro groups is 1. The van der Waals surface area contributed by atoms with Gasteiger partial charge in [-0.2, -0.15) is 0 Å². The molecule has 0 aliphatic carbocycles. The molecule has 0 atom stereocenters. The molecule has 1 rings (SSSR count). The molecule has 6 heteroatoms. The molecule has 78 valence electrons. The average molecular weight is 209 g/mol. The Morgan fingerprint density at radius 2 is 2.20 bits per heavy atom. The van der Waals surface area contributed by atoms with Crippen LogP contribution in [0.15, 0.2) is 18.2 Å². The smallest absolute Gasteiger partial charge is 0.338 e. The van der Waals surface area contributed by atoms with Crippen LogP contribution in [0, 0.1) is 10.1 Å². The van der Waals surface area contributed by atoms with Crippen LogP contribution in [0.25, 0.3) is 0 Å². The number of methoxy groups -OCH3 is 1. The molecule has 0 N–H and O–H groups in total. The van der Waals surface area contributed by atoms with Crippen LogP contribution in [0.2, 0.25) is 0 Å². The molecule has 0 spiro atoms. The molecule has 0 heterocycles. The SMILES string of the molecule is COC(=O)c1cc([N+](=O)[O-])ccc1C=O. The van der Waals surface area contributed by atoms with E-state index >= 15 is 0 Å². The molecule has 1 aromatic carbocycles. The van der Waals surface area contributed by atoms with Crippen molar-refractivity contribution in [1.29, 1.82) is 0 Å². The van der Waals surface area contributed by atoms with Crippen LogP contribution in [0.1, 0.15) is 20.7 Å². The second-order valence-electron chi connectivity index (χ2n) is 2.64. The zero-order chi connectivity index (χ0) is 11.4. The number of non-ortho nitro benzene ring substituents is 1. The van der Waals surface area contributed by atoms with Crippen LogP contribution >= 0.6 is 0 Å². The van der Waals surface area contributed by atoms with Gasteiger partial charge in [-0.15, -0.1) is 0 Å². The molecule has 0 unspecified atom stereocenters. The van der Waals surface area contributed by atoms with E-state index in [9.17, 15) is 19.7 Å². The van der Waals surface area contributed by atoms with Crippen molar-refractivity contribution in [3.63, 3.8) is 0 Å². The number of benzene rings is 1. The number of nitro benzene ring substituents is 1. The molecule has 0 radical (unpaired) electrons. The van der Waals surface area contributed by atoms with Crippen molar-refractivity contribution in [3.05, 3.63) is 39.4 Å². The van der Waals surface area contributed by atoms with E-state index in [1.165, 1.54) is 6.07 Å². The van der Waals surface area contributed by atoms with Gasteiger partial charge in [0.1, 0.15) is 0 Å². The van der Waals surface area contributed by atoms with Crippen LogP contribution in [-0.4, -0.2) is 24.3 Å². The van der Waals surface area contributed by atoms with Gasteiger partial charge in [-0.25, -0.2) is 4.79 Å². The number of rotatable bonds is 3. The molecular formula is C9H7NO5. The van der Waals surface area contributed by atoms with Crippen LogP contribution in [0.4, 0.5) is 5.69 Å². The quantitative estimate of drug-likeness (QED) is 0.323. The van der Waals surface area contributed by atoms with Crippen LogP contribution in [0.3, 0.4) is 0 Å². The maximum Gasteiger partial charge on any atom is 0.338 e. The highest BCUT2D eigenvalue weighted by Gasteiger charge is 2.16. The Labute approximate surface area is 84.6 Å². The fourth-order valence-electron chi connectivity index (χ4n) is 1.05. The Balaban J connectivity index is 3.31. The number of nitrogens with zero attached hydrogens (tertiary/aromatic N) is 1. The number of hydrogen-bond acceptors (Lipinski definition) is 5. The zero-order valence-corrected chi connectivity index (χ0v) is 7.80. The highest BCUT2D eigenvalue weighted by atomic mass is 16.6. The minimum atomic E-state index is -0.777. The number of hydrogen-bond donors (Lipinski definition) is 0. The fraction of sp³-hybridized carbons (Fsp3) is 0.111. The first kappa shape index (κ1) is 10.8. The summed E-state index contributed by atoms with van der Waals surface area (Å²) < 4.78 is 4.39. The minimum Gasteiger partial charge on any atom is -0.465 e. The predicted molar refractivity (Wildman–Crippen MR) is 49.8 cm³/mol. The minimum absolute atomic E-state index is 0.0625. The summed E-state index contributed by atoms with van der Waals surface area (Å²) in [6.45, 7) is 0.